The summed E-state index contributed by atoms with van der Waals surface area (Å²) in [5, 5.41) is 6.63. The van der Waals surface area contributed by atoms with Crippen LogP contribution in [0.15, 0.2) is 209 Å². The molecule has 2 heterocycles. The predicted octanol–water partition coefficient (Wildman–Crippen LogP) is 15.1. The van der Waals surface area contributed by atoms with E-state index in [9.17, 15) is 0 Å². The molecule has 0 unspecified atom stereocenters. The molecule has 55 heavy (non-hydrogen) atoms. The molecule has 0 saturated carbocycles. The van der Waals surface area contributed by atoms with E-state index in [1.165, 1.54) is 22.1 Å². The molecule has 0 fully saturated rings. The lowest BCUT2D eigenvalue weighted by atomic mass is 9.94. The molecule has 258 valence electrons. The van der Waals surface area contributed by atoms with Crippen molar-refractivity contribution in [1.82, 2.24) is 0 Å². The molecule has 11 rings (SSSR count). The van der Waals surface area contributed by atoms with Gasteiger partial charge in [-0.25, -0.2) is 0 Å². The van der Waals surface area contributed by atoms with Gasteiger partial charge in [0.05, 0.1) is 11.4 Å². The van der Waals surface area contributed by atoms with Gasteiger partial charge in [0.15, 0.2) is 11.2 Å². The van der Waals surface area contributed by atoms with E-state index in [2.05, 4.69) is 193 Å². The lowest BCUT2D eigenvalue weighted by Gasteiger charge is -2.25. The molecule has 0 amide bonds. The van der Waals surface area contributed by atoms with Crippen LogP contribution >= 0.6 is 0 Å². The lowest BCUT2D eigenvalue weighted by Crippen LogP contribution is -2.10. The molecule has 0 aliphatic rings. The van der Waals surface area contributed by atoms with Crippen LogP contribution in [0.3, 0.4) is 0 Å². The molecule has 0 aliphatic carbocycles. The fraction of sp³-hybridized carbons (Fsp3) is 0. The van der Waals surface area contributed by atoms with Gasteiger partial charge in [-0.3, -0.25) is 0 Å². The molecule has 0 atom stereocenters. The summed E-state index contributed by atoms with van der Waals surface area (Å²) in [6.07, 6.45) is 0. The summed E-state index contributed by atoms with van der Waals surface area (Å²) in [6.45, 7) is 0. The van der Waals surface area contributed by atoms with Crippen LogP contribution in [0.1, 0.15) is 0 Å². The molecular formula is C52H33NO2. The second-order valence-electron chi connectivity index (χ2n) is 14.0. The second-order valence-corrected chi connectivity index (χ2v) is 14.0. The average molecular weight is 704 g/mol. The number of hydrogen-bond acceptors (Lipinski definition) is 3. The zero-order valence-corrected chi connectivity index (χ0v) is 29.8. The monoisotopic (exact) mass is 703 g/mol. The third kappa shape index (κ3) is 5.13. The van der Waals surface area contributed by atoms with Crippen molar-refractivity contribution in [3.63, 3.8) is 0 Å². The van der Waals surface area contributed by atoms with Crippen molar-refractivity contribution in [2.45, 2.75) is 0 Å². The van der Waals surface area contributed by atoms with E-state index in [1.54, 1.807) is 0 Å². The number of nitrogens with zero attached hydrogens (tertiary/aromatic N) is 1. The van der Waals surface area contributed by atoms with Gasteiger partial charge in [0, 0.05) is 32.8 Å². The molecule has 0 radical (unpaired) electrons. The summed E-state index contributed by atoms with van der Waals surface area (Å²) >= 11 is 0. The minimum absolute atomic E-state index is 0.815. The quantitative estimate of drug-likeness (QED) is 0.173. The fourth-order valence-electron chi connectivity index (χ4n) is 8.25. The number of furan rings is 2. The van der Waals surface area contributed by atoms with Gasteiger partial charge in [0.1, 0.15) is 11.2 Å². The number of hydrogen-bond donors (Lipinski definition) is 0. The van der Waals surface area contributed by atoms with Crippen molar-refractivity contribution in [2.75, 3.05) is 4.90 Å². The minimum atomic E-state index is 0.815. The SMILES string of the molecule is c1ccc(-c2ccc(-c3c4ccccc4cc4c3oc3c(N(c5ccc(-c6ccccc6)cc5)c5cccc6c5oc5ccccc56)cccc34)cc2)cc1. The maximum Gasteiger partial charge on any atom is 0.159 e. The number of anilines is 3. The maximum absolute atomic E-state index is 7.21. The Balaban J connectivity index is 1.16. The van der Waals surface area contributed by atoms with Gasteiger partial charge >= 0.3 is 0 Å². The first-order valence-corrected chi connectivity index (χ1v) is 18.7. The highest BCUT2D eigenvalue weighted by atomic mass is 16.3. The predicted molar refractivity (Wildman–Crippen MR) is 229 cm³/mol. The number of rotatable bonds is 6. The van der Waals surface area contributed by atoms with E-state index in [-0.39, 0.29) is 0 Å². The fourth-order valence-corrected chi connectivity index (χ4v) is 8.25. The normalized spacial score (nSPS) is 11.6. The van der Waals surface area contributed by atoms with Gasteiger partial charge in [-0.2, -0.15) is 0 Å². The Morgan fingerprint density at radius 2 is 0.800 bits per heavy atom. The van der Waals surface area contributed by atoms with Crippen LogP contribution in [-0.4, -0.2) is 0 Å². The van der Waals surface area contributed by atoms with Crippen LogP contribution in [0.5, 0.6) is 0 Å². The van der Waals surface area contributed by atoms with Crippen LogP contribution in [0.4, 0.5) is 17.1 Å². The number of benzene rings is 9. The van der Waals surface area contributed by atoms with E-state index in [0.717, 1.165) is 83.0 Å². The number of fused-ring (bicyclic) bond motifs is 7. The van der Waals surface area contributed by atoms with Crippen LogP contribution in [0.25, 0.3) is 88.0 Å². The van der Waals surface area contributed by atoms with Crippen molar-refractivity contribution in [3.05, 3.63) is 200 Å². The largest absolute Gasteiger partial charge is 0.454 e. The molecule has 2 aromatic heterocycles. The van der Waals surface area contributed by atoms with E-state index in [4.69, 9.17) is 8.83 Å². The third-order valence-corrected chi connectivity index (χ3v) is 10.9. The van der Waals surface area contributed by atoms with E-state index in [0.29, 0.717) is 0 Å². The van der Waals surface area contributed by atoms with E-state index in [1.807, 2.05) is 12.1 Å². The van der Waals surface area contributed by atoms with Gasteiger partial charge in [-0.1, -0.05) is 164 Å². The first-order valence-electron chi connectivity index (χ1n) is 18.7. The van der Waals surface area contributed by atoms with Crippen LogP contribution in [0.2, 0.25) is 0 Å². The zero-order valence-electron chi connectivity index (χ0n) is 29.8. The molecular weight excluding hydrogens is 671 g/mol. The average Bonchev–Trinajstić information content (AvgIpc) is 3.83. The molecule has 0 bridgehead atoms. The highest BCUT2D eigenvalue weighted by Crippen LogP contribution is 2.48. The van der Waals surface area contributed by atoms with Crippen molar-refractivity contribution in [1.29, 1.82) is 0 Å². The molecule has 0 N–H and O–H groups in total. The molecule has 0 saturated heterocycles. The van der Waals surface area contributed by atoms with Gasteiger partial charge in [-0.05, 0) is 75.0 Å². The Morgan fingerprint density at radius 3 is 1.47 bits per heavy atom. The van der Waals surface area contributed by atoms with Gasteiger partial charge < -0.3 is 13.7 Å². The van der Waals surface area contributed by atoms with E-state index >= 15 is 0 Å². The molecule has 11 aromatic rings. The summed E-state index contributed by atoms with van der Waals surface area (Å²) in [6, 6.07) is 70.7. The van der Waals surface area contributed by atoms with Gasteiger partial charge in [0.2, 0.25) is 0 Å². The molecule has 0 aliphatic heterocycles. The van der Waals surface area contributed by atoms with Crippen LogP contribution in [-0.2, 0) is 0 Å². The molecule has 9 aromatic carbocycles. The Morgan fingerprint density at radius 1 is 0.309 bits per heavy atom. The lowest BCUT2D eigenvalue weighted by molar-refractivity contribution is 0.667. The number of para-hydroxylation sites is 3. The zero-order chi connectivity index (χ0) is 36.3. The summed E-state index contributed by atoms with van der Waals surface area (Å²) in [4.78, 5) is 2.29. The van der Waals surface area contributed by atoms with Crippen molar-refractivity contribution < 1.29 is 8.83 Å². The molecule has 3 heteroatoms. The first kappa shape index (κ1) is 31.2. The smallest absolute Gasteiger partial charge is 0.159 e. The Labute approximate surface area is 317 Å². The highest BCUT2D eigenvalue weighted by Gasteiger charge is 2.25. The Bertz CT molecular complexity index is 3180. The van der Waals surface area contributed by atoms with Crippen molar-refractivity contribution in [2.24, 2.45) is 0 Å². The van der Waals surface area contributed by atoms with Crippen LogP contribution < -0.4 is 4.90 Å². The summed E-state index contributed by atoms with van der Waals surface area (Å²) in [5.74, 6) is 0. The van der Waals surface area contributed by atoms with E-state index < -0.39 is 0 Å². The topological polar surface area (TPSA) is 29.5 Å². The third-order valence-electron chi connectivity index (χ3n) is 10.9. The summed E-state index contributed by atoms with van der Waals surface area (Å²) < 4.78 is 13.9. The Hall–Kier alpha value is -7.36. The summed E-state index contributed by atoms with van der Waals surface area (Å²) in [5.41, 5.74) is 13.2. The van der Waals surface area contributed by atoms with Crippen LogP contribution in [0, 0.1) is 0 Å². The first-order chi connectivity index (χ1) is 27.3. The van der Waals surface area contributed by atoms with Gasteiger partial charge in [0.25, 0.3) is 0 Å². The minimum Gasteiger partial charge on any atom is -0.454 e. The molecule has 0 spiro atoms. The summed E-state index contributed by atoms with van der Waals surface area (Å²) in [7, 11) is 0. The van der Waals surface area contributed by atoms with Crippen molar-refractivity contribution in [3.8, 4) is 33.4 Å². The van der Waals surface area contributed by atoms with Gasteiger partial charge in [-0.15, -0.1) is 0 Å². The maximum atomic E-state index is 7.21. The second kappa shape index (κ2) is 12.6. The standard InChI is InChI=1S/C52H33NO2/c1-3-13-34(14-4-1)36-25-27-38(28-26-36)49-41-18-8-7-17-39(41)33-45-44-21-12-23-47(51(44)55-52(45)49)53(40-31-29-37(30-32-40)35-15-5-2-6-16-35)46-22-11-20-43-42-19-9-10-24-48(42)54-50(43)46/h1-33H. The highest BCUT2D eigenvalue weighted by molar-refractivity contribution is 6.20. The Kier molecular flexibility index (Phi) is 7.17. The van der Waals surface area contributed by atoms with Crippen molar-refractivity contribution >= 4 is 71.7 Å². The molecule has 3 nitrogen and oxygen atoms in total.